The van der Waals surface area contributed by atoms with Crippen molar-refractivity contribution in [3.05, 3.63) is 23.3 Å². The van der Waals surface area contributed by atoms with Crippen LogP contribution in [0.2, 0.25) is 0 Å². The topological polar surface area (TPSA) is 45.5 Å². The minimum Gasteiger partial charge on any atom is -0.496 e. The van der Waals surface area contributed by atoms with Gasteiger partial charge in [-0.25, -0.2) is 0 Å². The molecule has 0 aliphatic carbocycles. The Morgan fingerprint density at radius 3 is 2.39 bits per heavy atom. The van der Waals surface area contributed by atoms with Crippen LogP contribution in [0.15, 0.2) is 12.1 Å². The number of aryl methyl sites for hydroxylation is 1. The second-order valence-electron chi connectivity index (χ2n) is 4.35. The average molecular weight is 248 g/mol. The van der Waals surface area contributed by atoms with Crippen molar-refractivity contribution in [1.82, 2.24) is 4.90 Å². The van der Waals surface area contributed by atoms with Crippen molar-refractivity contribution in [1.29, 1.82) is 5.26 Å². The molecule has 0 N–H and O–H groups in total. The minimum atomic E-state index is -0.137. The molecular weight excluding hydrogens is 228 g/mol. The quantitative estimate of drug-likeness (QED) is 0.802. The highest BCUT2D eigenvalue weighted by Crippen LogP contribution is 2.29. The molecule has 0 saturated heterocycles. The van der Waals surface area contributed by atoms with Crippen molar-refractivity contribution in [3.63, 3.8) is 0 Å². The fourth-order valence-electron chi connectivity index (χ4n) is 1.74. The average Bonchev–Trinajstić information content (AvgIpc) is 2.38. The van der Waals surface area contributed by atoms with Gasteiger partial charge >= 0.3 is 0 Å². The maximum atomic E-state index is 8.91. The Labute approximate surface area is 109 Å². The summed E-state index contributed by atoms with van der Waals surface area (Å²) in [5, 5.41) is 8.91. The molecule has 0 bridgehead atoms. The lowest BCUT2D eigenvalue weighted by Gasteiger charge is -2.21. The van der Waals surface area contributed by atoms with E-state index in [1.54, 1.807) is 14.2 Å². The first-order valence-corrected chi connectivity index (χ1v) is 5.84. The summed E-state index contributed by atoms with van der Waals surface area (Å²) < 4.78 is 10.7. The van der Waals surface area contributed by atoms with E-state index in [0.717, 1.165) is 22.6 Å². The molecule has 0 aliphatic heterocycles. The molecule has 0 aromatic heterocycles. The van der Waals surface area contributed by atoms with Gasteiger partial charge in [0, 0.05) is 12.1 Å². The summed E-state index contributed by atoms with van der Waals surface area (Å²) in [7, 11) is 5.22. The molecule has 0 spiro atoms. The van der Waals surface area contributed by atoms with E-state index in [-0.39, 0.29) is 6.04 Å². The molecule has 1 aromatic carbocycles. The van der Waals surface area contributed by atoms with E-state index in [2.05, 4.69) is 6.07 Å². The number of benzene rings is 1. The monoisotopic (exact) mass is 248 g/mol. The first-order valence-electron chi connectivity index (χ1n) is 5.84. The van der Waals surface area contributed by atoms with Crippen LogP contribution in [0, 0.1) is 18.3 Å². The Kier molecular flexibility index (Phi) is 4.99. The molecule has 1 rings (SSSR count). The van der Waals surface area contributed by atoms with Gasteiger partial charge in [-0.2, -0.15) is 5.26 Å². The van der Waals surface area contributed by atoms with Crippen LogP contribution in [0.5, 0.6) is 11.5 Å². The fraction of sp³-hybridized carbons (Fsp3) is 0.500. The van der Waals surface area contributed by atoms with Crippen LogP contribution in [0.3, 0.4) is 0 Å². The Morgan fingerprint density at radius 2 is 1.89 bits per heavy atom. The Bertz CT molecular complexity index is 452. The van der Waals surface area contributed by atoms with Gasteiger partial charge in [0.15, 0.2) is 0 Å². The number of hydrogen-bond donors (Lipinski definition) is 0. The molecular formula is C14H20N2O2. The van der Waals surface area contributed by atoms with Crippen molar-refractivity contribution < 1.29 is 9.47 Å². The number of nitrogens with zero attached hydrogens (tertiary/aromatic N) is 2. The van der Waals surface area contributed by atoms with Crippen LogP contribution in [0.4, 0.5) is 0 Å². The van der Waals surface area contributed by atoms with Crippen molar-refractivity contribution in [2.45, 2.75) is 26.4 Å². The summed E-state index contributed by atoms with van der Waals surface area (Å²) in [5.74, 6) is 1.66. The third-order valence-corrected chi connectivity index (χ3v) is 3.07. The van der Waals surface area contributed by atoms with Crippen LogP contribution in [-0.4, -0.2) is 32.2 Å². The second kappa shape index (κ2) is 6.27. The van der Waals surface area contributed by atoms with Gasteiger partial charge in [0.25, 0.3) is 0 Å². The SMILES string of the molecule is COc1cc(CN(C)C(C)C#N)c(OC)cc1C. The van der Waals surface area contributed by atoms with Crippen LogP contribution >= 0.6 is 0 Å². The molecule has 98 valence electrons. The van der Waals surface area contributed by atoms with E-state index < -0.39 is 0 Å². The highest BCUT2D eigenvalue weighted by Gasteiger charge is 2.13. The number of hydrogen-bond acceptors (Lipinski definition) is 4. The van der Waals surface area contributed by atoms with Crippen LogP contribution < -0.4 is 9.47 Å². The van der Waals surface area contributed by atoms with Gasteiger partial charge in [0.05, 0.1) is 26.3 Å². The number of methoxy groups -OCH3 is 2. The lowest BCUT2D eigenvalue weighted by molar-refractivity contribution is 0.287. The summed E-state index contributed by atoms with van der Waals surface area (Å²) in [4.78, 5) is 1.96. The predicted molar refractivity (Wildman–Crippen MR) is 70.8 cm³/mol. The molecule has 1 aromatic rings. The minimum absolute atomic E-state index is 0.137. The smallest absolute Gasteiger partial charge is 0.123 e. The Hall–Kier alpha value is -1.73. The van der Waals surface area contributed by atoms with Crippen molar-refractivity contribution in [3.8, 4) is 17.6 Å². The fourth-order valence-corrected chi connectivity index (χ4v) is 1.74. The van der Waals surface area contributed by atoms with Gasteiger partial charge in [-0.1, -0.05) is 0 Å². The molecule has 0 fully saturated rings. The summed E-state index contributed by atoms with van der Waals surface area (Å²) >= 11 is 0. The van der Waals surface area contributed by atoms with Gasteiger partial charge < -0.3 is 9.47 Å². The summed E-state index contributed by atoms with van der Waals surface area (Å²) in [5.41, 5.74) is 2.05. The zero-order valence-corrected chi connectivity index (χ0v) is 11.7. The van der Waals surface area contributed by atoms with Gasteiger partial charge in [-0.05, 0) is 38.6 Å². The number of ether oxygens (including phenoxy) is 2. The molecule has 1 atom stereocenters. The summed E-state index contributed by atoms with van der Waals surface area (Å²) in [6.45, 7) is 4.50. The van der Waals surface area contributed by atoms with E-state index in [1.165, 1.54) is 0 Å². The molecule has 0 amide bonds. The molecule has 18 heavy (non-hydrogen) atoms. The van der Waals surface area contributed by atoms with Crippen LogP contribution in [0.25, 0.3) is 0 Å². The zero-order chi connectivity index (χ0) is 13.7. The van der Waals surface area contributed by atoms with E-state index in [1.807, 2.05) is 37.9 Å². The number of rotatable bonds is 5. The molecule has 0 aliphatic rings. The normalized spacial score (nSPS) is 12.1. The molecule has 4 heteroatoms. The van der Waals surface area contributed by atoms with Crippen molar-refractivity contribution in [2.24, 2.45) is 0 Å². The van der Waals surface area contributed by atoms with Gasteiger partial charge in [0.2, 0.25) is 0 Å². The van der Waals surface area contributed by atoms with Gasteiger partial charge in [-0.3, -0.25) is 4.90 Å². The third kappa shape index (κ3) is 3.14. The lowest BCUT2D eigenvalue weighted by atomic mass is 10.1. The molecule has 0 saturated carbocycles. The number of nitriles is 1. The molecule has 0 heterocycles. The summed E-state index contributed by atoms with van der Waals surface area (Å²) in [6, 6.07) is 6.00. The van der Waals surface area contributed by atoms with E-state index >= 15 is 0 Å². The molecule has 4 nitrogen and oxygen atoms in total. The highest BCUT2D eigenvalue weighted by atomic mass is 16.5. The highest BCUT2D eigenvalue weighted by molar-refractivity contribution is 5.45. The van der Waals surface area contributed by atoms with Crippen molar-refractivity contribution in [2.75, 3.05) is 21.3 Å². The maximum Gasteiger partial charge on any atom is 0.123 e. The molecule has 0 radical (unpaired) electrons. The van der Waals surface area contributed by atoms with E-state index in [4.69, 9.17) is 14.7 Å². The van der Waals surface area contributed by atoms with Gasteiger partial charge in [0.1, 0.15) is 11.5 Å². The second-order valence-corrected chi connectivity index (χ2v) is 4.35. The maximum absolute atomic E-state index is 8.91. The van der Waals surface area contributed by atoms with E-state index in [9.17, 15) is 0 Å². The zero-order valence-electron chi connectivity index (χ0n) is 11.7. The van der Waals surface area contributed by atoms with Crippen LogP contribution in [0.1, 0.15) is 18.1 Å². The van der Waals surface area contributed by atoms with Gasteiger partial charge in [-0.15, -0.1) is 0 Å². The Balaban J connectivity index is 3.04. The first kappa shape index (κ1) is 14.3. The summed E-state index contributed by atoms with van der Waals surface area (Å²) in [6.07, 6.45) is 0. The lowest BCUT2D eigenvalue weighted by Crippen LogP contribution is -2.27. The van der Waals surface area contributed by atoms with Crippen molar-refractivity contribution >= 4 is 0 Å². The molecule has 1 unspecified atom stereocenters. The van der Waals surface area contributed by atoms with E-state index in [0.29, 0.717) is 6.54 Å². The largest absolute Gasteiger partial charge is 0.496 e. The van der Waals surface area contributed by atoms with Crippen LogP contribution in [-0.2, 0) is 6.54 Å². The predicted octanol–water partition coefficient (Wildman–Crippen LogP) is 2.36. The standard InChI is InChI=1S/C14H20N2O2/c1-10-6-14(18-5)12(7-13(10)17-4)9-16(3)11(2)8-15/h6-7,11H,9H2,1-5H3. The first-order chi connectivity index (χ1) is 8.53. The Morgan fingerprint density at radius 1 is 1.28 bits per heavy atom. The third-order valence-electron chi connectivity index (χ3n) is 3.07.